The molecule has 0 aliphatic carbocycles. The lowest BCUT2D eigenvalue weighted by atomic mass is 10.1. The van der Waals surface area contributed by atoms with Crippen LogP contribution in [0.1, 0.15) is 30.4 Å². The van der Waals surface area contributed by atoms with Gasteiger partial charge in [0.05, 0.1) is 0 Å². The van der Waals surface area contributed by atoms with Gasteiger partial charge < -0.3 is 19.1 Å². The molecule has 0 bridgehead atoms. The molecule has 1 saturated heterocycles. The van der Waals surface area contributed by atoms with Crippen LogP contribution >= 0.6 is 0 Å². The van der Waals surface area contributed by atoms with Crippen molar-refractivity contribution in [2.75, 3.05) is 26.4 Å². The Bertz CT molecular complexity index is 786. The van der Waals surface area contributed by atoms with Gasteiger partial charge in [0.1, 0.15) is 19.3 Å². The van der Waals surface area contributed by atoms with Crippen LogP contribution in [0, 0.1) is 0 Å². The minimum Gasteiger partial charge on any atom is -0.486 e. The maximum absolute atomic E-state index is 13.0. The van der Waals surface area contributed by atoms with Gasteiger partial charge in [-0.25, -0.2) is 0 Å². The molecule has 0 saturated carbocycles. The summed E-state index contributed by atoms with van der Waals surface area (Å²) in [7, 11) is 0. The monoisotopic (exact) mass is 381 g/mol. The summed E-state index contributed by atoms with van der Waals surface area (Å²) in [4.78, 5) is 15.0. The lowest BCUT2D eigenvalue weighted by molar-refractivity contribution is -0.141. The van der Waals surface area contributed by atoms with Gasteiger partial charge in [-0.15, -0.1) is 0 Å². The zero-order valence-corrected chi connectivity index (χ0v) is 16.1. The summed E-state index contributed by atoms with van der Waals surface area (Å²) >= 11 is 0. The summed E-state index contributed by atoms with van der Waals surface area (Å²) < 4.78 is 16.9. The molecular formula is C23H27NO4. The second kappa shape index (κ2) is 9.11. The fraction of sp³-hybridized carbons (Fsp3) is 0.435. The lowest BCUT2D eigenvalue weighted by Gasteiger charge is -2.26. The number of carbonyl (C=O) groups is 1. The van der Waals surface area contributed by atoms with Gasteiger partial charge in [0.15, 0.2) is 11.5 Å². The third-order valence-corrected chi connectivity index (χ3v) is 5.23. The normalized spacial score (nSPS) is 18.1. The summed E-state index contributed by atoms with van der Waals surface area (Å²) in [5.41, 5.74) is 2.35. The van der Waals surface area contributed by atoms with Crippen molar-refractivity contribution in [1.82, 2.24) is 4.90 Å². The molecule has 0 radical (unpaired) electrons. The molecule has 0 N–H and O–H groups in total. The van der Waals surface area contributed by atoms with E-state index in [1.54, 1.807) is 0 Å². The largest absolute Gasteiger partial charge is 0.486 e. The number of nitrogens with zero attached hydrogens (tertiary/aromatic N) is 1. The number of benzene rings is 2. The van der Waals surface area contributed by atoms with Gasteiger partial charge in [0.2, 0.25) is 0 Å². The number of hydrogen-bond acceptors (Lipinski definition) is 4. The zero-order chi connectivity index (χ0) is 19.2. The Balaban J connectivity index is 1.43. The van der Waals surface area contributed by atoms with Gasteiger partial charge >= 0.3 is 0 Å². The maximum Gasteiger partial charge on any atom is 0.251 e. The van der Waals surface area contributed by atoms with Crippen molar-refractivity contribution in [2.45, 2.75) is 38.3 Å². The molecule has 4 rings (SSSR count). The number of hydrogen-bond donors (Lipinski definition) is 0. The van der Waals surface area contributed by atoms with Gasteiger partial charge in [0, 0.05) is 19.7 Å². The van der Waals surface area contributed by atoms with Gasteiger partial charge in [0.25, 0.3) is 5.91 Å². The summed E-state index contributed by atoms with van der Waals surface area (Å²) in [6.45, 7) is 3.09. The predicted octanol–water partition coefficient (Wildman–Crippen LogP) is 3.60. The van der Waals surface area contributed by atoms with Crippen LogP contribution < -0.4 is 9.47 Å². The summed E-state index contributed by atoms with van der Waals surface area (Å²) in [6, 6.07) is 16.3. The average Bonchev–Trinajstić information content (AvgIpc) is 3.28. The number of amides is 1. The Labute approximate surface area is 166 Å². The van der Waals surface area contributed by atoms with E-state index < -0.39 is 0 Å². The third-order valence-electron chi connectivity index (χ3n) is 5.23. The first-order valence-electron chi connectivity index (χ1n) is 10.1. The minimum absolute atomic E-state index is 0.0976. The zero-order valence-electron chi connectivity index (χ0n) is 16.1. The molecule has 2 aromatic carbocycles. The Hall–Kier alpha value is -2.53. The molecule has 0 unspecified atom stereocenters. The van der Waals surface area contributed by atoms with Gasteiger partial charge in [-0.05, 0) is 48.9 Å². The van der Waals surface area contributed by atoms with E-state index in [1.165, 1.54) is 5.56 Å². The summed E-state index contributed by atoms with van der Waals surface area (Å²) in [6.07, 6.45) is 3.35. The van der Waals surface area contributed by atoms with Crippen LogP contribution in [0.25, 0.3) is 0 Å². The molecule has 2 aliphatic rings. The van der Waals surface area contributed by atoms with Gasteiger partial charge in [-0.2, -0.15) is 0 Å². The molecular weight excluding hydrogens is 354 g/mol. The van der Waals surface area contributed by atoms with Crippen molar-refractivity contribution in [1.29, 1.82) is 0 Å². The SMILES string of the molecule is O=C([C@H]1CCCO1)N(CCCc1ccccc1)Cc1ccc2c(c1)OCCO2. The summed E-state index contributed by atoms with van der Waals surface area (Å²) in [5, 5.41) is 0. The van der Waals surface area contributed by atoms with Crippen LogP contribution in [-0.2, 0) is 22.5 Å². The highest BCUT2D eigenvalue weighted by atomic mass is 16.6. The number of fused-ring (bicyclic) bond motifs is 1. The van der Waals surface area contributed by atoms with E-state index in [9.17, 15) is 4.79 Å². The van der Waals surface area contributed by atoms with Crippen LogP contribution in [0.15, 0.2) is 48.5 Å². The molecule has 0 spiro atoms. The molecule has 1 amide bonds. The van der Waals surface area contributed by atoms with Gasteiger partial charge in [-0.3, -0.25) is 4.79 Å². The molecule has 5 nitrogen and oxygen atoms in total. The molecule has 2 aromatic rings. The van der Waals surface area contributed by atoms with E-state index >= 15 is 0 Å². The fourth-order valence-corrected chi connectivity index (χ4v) is 3.77. The van der Waals surface area contributed by atoms with E-state index in [4.69, 9.17) is 14.2 Å². The molecule has 28 heavy (non-hydrogen) atoms. The molecule has 2 heterocycles. The average molecular weight is 381 g/mol. The second-order valence-corrected chi connectivity index (χ2v) is 7.33. The maximum atomic E-state index is 13.0. The smallest absolute Gasteiger partial charge is 0.251 e. The molecule has 1 atom stereocenters. The van der Waals surface area contributed by atoms with E-state index in [1.807, 2.05) is 29.2 Å². The molecule has 148 valence electrons. The van der Waals surface area contributed by atoms with E-state index in [2.05, 4.69) is 24.3 Å². The Morgan fingerprint density at radius 3 is 2.57 bits per heavy atom. The first-order chi connectivity index (χ1) is 13.8. The number of carbonyl (C=O) groups excluding carboxylic acids is 1. The van der Waals surface area contributed by atoms with Crippen LogP contribution in [0.2, 0.25) is 0 Å². The number of aryl methyl sites for hydroxylation is 1. The molecule has 2 aliphatic heterocycles. The fourth-order valence-electron chi connectivity index (χ4n) is 3.77. The first-order valence-corrected chi connectivity index (χ1v) is 10.1. The first kappa shape index (κ1) is 18.8. The van der Waals surface area contributed by atoms with Crippen molar-refractivity contribution in [3.05, 3.63) is 59.7 Å². The van der Waals surface area contributed by atoms with Gasteiger partial charge in [-0.1, -0.05) is 36.4 Å². The van der Waals surface area contributed by atoms with Crippen LogP contribution in [0.5, 0.6) is 11.5 Å². The van der Waals surface area contributed by atoms with Crippen molar-refractivity contribution in [2.24, 2.45) is 0 Å². The van der Waals surface area contributed by atoms with Crippen molar-refractivity contribution < 1.29 is 19.0 Å². The summed E-state index contributed by atoms with van der Waals surface area (Å²) in [5.74, 6) is 1.63. The highest BCUT2D eigenvalue weighted by Crippen LogP contribution is 2.31. The van der Waals surface area contributed by atoms with E-state index in [-0.39, 0.29) is 12.0 Å². The Morgan fingerprint density at radius 1 is 0.964 bits per heavy atom. The standard InChI is InChI=1S/C23H27NO4/c25-23(21-9-5-13-26-21)24(12-4-8-18-6-2-1-3-7-18)17-19-10-11-20-22(16-19)28-15-14-27-20/h1-3,6-7,10-11,16,21H,4-5,8-9,12-15,17H2/t21-/m1/s1. The molecule has 1 fully saturated rings. The van der Waals surface area contributed by atoms with Crippen molar-refractivity contribution >= 4 is 5.91 Å². The van der Waals surface area contributed by atoms with E-state index in [0.29, 0.717) is 32.9 Å². The predicted molar refractivity (Wildman–Crippen MR) is 107 cm³/mol. The lowest BCUT2D eigenvalue weighted by Crippen LogP contribution is -2.39. The van der Waals surface area contributed by atoms with Crippen LogP contribution in [-0.4, -0.2) is 43.3 Å². The quantitative estimate of drug-likeness (QED) is 0.735. The van der Waals surface area contributed by atoms with Crippen LogP contribution in [0.3, 0.4) is 0 Å². The van der Waals surface area contributed by atoms with Crippen LogP contribution in [0.4, 0.5) is 0 Å². The topological polar surface area (TPSA) is 48.0 Å². The van der Waals surface area contributed by atoms with E-state index in [0.717, 1.165) is 42.7 Å². The molecule has 0 aromatic heterocycles. The van der Waals surface area contributed by atoms with Crippen molar-refractivity contribution in [3.8, 4) is 11.5 Å². The highest BCUT2D eigenvalue weighted by Gasteiger charge is 2.28. The minimum atomic E-state index is -0.297. The Kier molecular flexibility index (Phi) is 6.12. The van der Waals surface area contributed by atoms with Crippen molar-refractivity contribution in [3.63, 3.8) is 0 Å². The number of ether oxygens (including phenoxy) is 3. The molecule has 5 heteroatoms. The third kappa shape index (κ3) is 4.65. The Morgan fingerprint density at radius 2 is 1.79 bits per heavy atom. The number of rotatable bonds is 7. The highest BCUT2D eigenvalue weighted by molar-refractivity contribution is 5.81. The second-order valence-electron chi connectivity index (χ2n) is 7.33.